The highest BCUT2D eigenvalue weighted by Crippen LogP contribution is 2.23. The topological polar surface area (TPSA) is 54.1 Å². The minimum Gasteiger partial charge on any atom is -0.457 e. The Morgan fingerprint density at radius 1 is 0.885 bits per heavy atom. The van der Waals surface area contributed by atoms with Crippen molar-refractivity contribution in [3.05, 3.63) is 90.6 Å². The second-order valence-electron chi connectivity index (χ2n) is 6.06. The summed E-state index contributed by atoms with van der Waals surface area (Å²) in [5, 5.41) is 4.03. The van der Waals surface area contributed by atoms with E-state index in [9.17, 15) is 4.79 Å². The SMILES string of the molecule is O=C(Cc1ccc2[nH]ccc2c1)Nc1ccc(Oc2ccccc2)cc1. The van der Waals surface area contributed by atoms with Crippen molar-refractivity contribution < 1.29 is 9.53 Å². The number of aromatic amines is 1. The van der Waals surface area contributed by atoms with Gasteiger partial charge in [-0.25, -0.2) is 0 Å². The molecule has 4 heteroatoms. The van der Waals surface area contributed by atoms with Crippen LogP contribution < -0.4 is 10.1 Å². The zero-order valence-corrected chi connectivity index (χ0v) is 14.1. The van der Waals surface area contributed by atoms with Gasteiger partial charge in [-0.2, -0.15) is 0 Å². The molecule has 128 valence electrons. The van der Waals surface area contributed by atoms with Gasteiger partial charge in [0.1, 0.15) is 11.5 Å². The number of fused-ring (bicyclic) bond motifs is 1. The van der Waals surface area contributed by atoms with Crippen molar-refractivity contribution in [3.63, 3.8) is 0 Å². The molecule has 0 fully saturated rings. The third-order valence-electron chi connectivity index (χ3n) is 4.10. The van der Waals surface area contributed by atoms with Crippen LogP contribution in [0.4, 0.5) is 5.69 Å². The van der Waals surface area contributed by atoms with Gasteiger partial charge in [-0.1, -0.05) is 24.3 Å². The van der Waals surface area contributed by atoms with Gasteiger partial charge in [0.05, 0.1) is 6.42 Å². The summed E-state index contributed by atoms with van der Waals surface area (Å²) in [5.41, 5.74) is 2.81. The number of aromatic nitrogens is 1. The number of amides is 1. The summed E-state index contributed by atoms with van der Waals surface area (Å²) in [4.78, 5) is 15.4. The molecule has 0 atom stereocenters. The first kappa shape index (κ1) is 16.0. The fourth-order valence-electron chi connectivity index (χ4n) is 2.83. The number of para-hydroxylation sites is 1. The van der Waals surface area contributed by atoms with Crippen molar-refractivity contribution in [1.29, 1.82) is 0 Å². The molecule has 1 aromatic heterocycles. The van der Waals surface area contributed by atoms with Crippen LogP contribution in [0.2, 0.25) is 0 Å². The smallest absolute Gasteiger partial charge is 0.228 e. The van der Waals surface area contributed by atoms with Gasteiger partial charge in [0.15, 0.2) is 0 Å². The van der Waals surface area contributed by atoms with Crippen LogP contribution in [0.5, 0.6) is 11.5 Å². The predicted molar refractivity (Wildman–Crippen MR) is 104 cm³/mol. The lowest BCUT2D eigenvalue weighted by Gasteiger charge is -2.08. The van der Waals surface area contributed by atoms with Gasteiger partial charge in [0.2, 0.25) is 5.91 Å². The molecule has 0 bridgehead atoms. The number of benzene rings is 3. The number of nitrogens with one attached hydrogen (secondary N) is 2. The summed E-state index contributed by atoms with van der Waals surface area (Å²) in [5.74, 6) is 1.47. The maximum Gasteiger partial charge on any atom is 0.228 e. The van der Waals surface area contributed by atoms with E-state index in [2.05, 4.69) is 10.3 Å². The van der Waals surface area contributed by atoms with Crippen molar-refractivity contribution in [2.45, 2.75) is 6.42 Å². The molecular formula is C22H18N2O2. The summed E-state index contributed by atoms with van der Waals surface area (Å²) in [7, 11) is 0. The average Bonchev–Trinajstić information content (AvgIpc) is 3.12. The number of ether oxygens (including phenoxy) is 1. The summed E-state index contributed by atoms with van der Waals surface area (Å²) >= 11 is 0. The second-order valence-corrected chi connectivity index (χ2v) is 6.06. The van der Waals surface area contributed by atoms with Gasteiger partial charge >= 0.3 is 0 Å². The third kappa shape index (κ3) is 3.75. The lowest BCUT2D eigenvalue weighted by molar-refractivity contribution is -0.115. The Bertz CT molecular complexity index is 1020. The van der Waals surface area contributed by atoms with Gasteiger partial charge in [0.25, 0.3) is 0 Å². The number of hydrogen-bond acceptors (Lipinski definition) is 2. The zero-order chi connectivity index (χ0) is 17.8. The van der Waals surface area contributed by atoms with Crippen LogP contribution >= 0.6 is 0 Å². The third-order valence-corrected chi connectivity index (χ3v) is 4.10. The van der Waals surface area contributed by atoms with E-state index in [0.717, 1.165) is 33.7 Å². The van der Waals surface area contributed by atoms with Crippen molar-refractivity contribution in [1.82, 2.24) is 4.98 Å². The average molecular weight is 342 g/mol. The van der Waals surface area contributed by atoms with E-state index in [0.29, 0.717) is 6.42 Å². The lowest BCUT2D eigenvalue weighted by atomic mass is 10.1. The van der Waals surface area contributed by atoms with Crippen molar-refractivity contribution in [2.75, 3.05) is 5.32 Å². The number of rotatable bonds is 5. The molecule has 1 heterocycles. The Morgan fingerprint density at radius 3 is 2.46 bits per heavy atom. The molecule has 0 radical (unpaired) electrons. The molecule has 4 aromatic rings. The molecule has 1 amide bonds. The molecule has 0 spiro atoms. The Kier molecular flexibility index (Phi) is 4.39. The molecule has 4 nitrogen and oxygen atoms in total. The quantitative estimate of drug-likeness (QED) is 0.527. The summed E-state index contributed by atoms with van der Waals surface area (Å²) in [6, 6.07) is 24.9. The van der Waals surface area contributed by atoms with E-state index in [1.54, 1.807) is 0 Å². The molecule has 26 heavy (non-hydrogen) atoms. The van der Waals surface area contributed by atoms with Crippen LogP contribution in [0.3, 0.4) is 0 Å². The largest absolute Gasteiger partial charge is 0.457 e. The molecule has 0 aliphatic carbocycles. The molecule has 0 aliphatic heterocycles. The Labute approximate surface area is 151 Å². The minimum atomic E-state index is -0.0448. The van der Waals surface area contributed by atoms with E-state index < -0.39 is 0 Å². The minimum absolute atomic E-state index is 0.0448. The molecule has 0 saturated heterocycles. The Morgan fingerprint density at radius 2 is 1.65 bits per heavy atom. The Balaban J connectivity index is 1.38. The van der Waals surface area contributed by atoms with Crippen LogP contribution in [0.15, 0.2) is 85.1 Å². The molecule has 0 saturated carbocycles. The first-order chi connectivity index (χ1) is 12.8. The highest BCUT2D eigenvalue weighted by molar-refractivity contribution is 5.93. The van der Waals surface area contributed by atoms with Crippen LogP contribution in [0.1, 0.15) is 5.56 Å². The van der Waals surface area contributed by atoms with Gasteiger partial charge in [-0.3, -0.25) is 4.79 Å². The maximum absolute atomic E-state index is 12.3. The number of carbonyl (C=O) groups excluding carboxylic acids is 1. The van der Waals surface area contributed by atoms with Gasteiger partial charge in [0, 0.05) is 17.4 Å². The van der Waals surface area contributed by atoms with Gasteiger partial charge in [-0.15, -0.1) is 0 Å². The molecule has 4 rings (SSSR count). The molecule has 0 unspecified atom stereocenters. The van der Waals surface area contributed by atoms with Crippen LogP contribution in [0.25, 0.3) is 10.9 Å². The fourth-order valence-corrected chi connectivity index (χ4v) is 2.83. The Hall–Kier alpha value is -3.53. The van der Waals surface area contributed by atoms with E-state index >= 15 is 0 Å². The van der Waals surface area contributed by atoms with Crippen LogP contribution in [-0.4, -0.2) is 10.9 Å². The van der Waals surface area contributed by atoms with E-state index in [4.69, 9.17) is 4.74 Å². The summed E-state index contributed by atoms with van der Waals surface area (Å²) in [6.45, 7) is 0. The first-order valence-electron chi connectivity index (χ1n) is 8.45. The number of H-pyrrole nitrogens is 1. The monoisotopic (exact) mass is 342 g/mol. The molecule has 0 aliphatic rings. The summed E-state index contributed by atoms with van der Waals surface area (Å²) in [6.07, 6.45) is 2.23. The first-order valence-corrected chi connectivity index (χ1v) is 8.45. The predicted octanol–water partition coefficient (Wildman–Crippen LogP) is 5.14. The molecular weight excluding hydrogens is 324 g/mol. The zero-order valence-electron chi connectivity index (χ0n) is 14.1. The maximum atomic E-state index is 12.3. The normalized spacial score (nSPS) is 10.6. The van der Waals surface area contributed by atoms with E-state index in [-0.39, 0.29) is 5.91 Å². The molecule has 3 aromatic carbocycles. The second kappa shape index (κ2) is 7.15. The lowest BCUT2D eigenvalue weighted by Crippen LogP contribution is -2.14. The number of anilines is 1. The highest BCUT2D eigenvalue weighted by atomic mass is 16.5. The van der Waals surface area contributed by atoms with Crippen LogP contribution in [0, 0.1) is 0 Å². The van der Waals surface area contributed by atoms with Crippen LogP contribution in [-0.2, 0) is 11.2 Å². The van der Waals surface area contributed by atoms with Crippen molar-refractivity contribution >= 4 is 22.5 Å². The van der Waals surface area contributed by atoms with Crippen molar-refractivity contribution in [2.24, 2.45) is 0 Å². The van der Waals surface area contributed by atoms with Gasteiger partial charge in [-0.05, 0) is 65.5 Å². The van der Waals surface area contributed by atoms with E-state index in [1.807, 2.05) is 85.1 Å². The number of carbonyl (C=O) groups is 1. The fraction of sp³-hybridized carbons (Fsp3) is 0.0455. The highest BCUT2D eigenvalue weighted by Gasteiger charge is 2.06. The van der Waals surface area contributed by atoms with Crippen molar-refractivity contribution in [3.8, 4) is 11.5 Å². The summed E-state index contributed by atoms with van der Waals surface area (Å²) < 4.78 is 5.75. The molecule has 2 N–H and O–H groups in total. The standard InChI is InChI=1S/C22H18N2O2/c25-22(15-16-6-11-21-17(14-16)12-13-23-21)24-18-7-9-20(10-8-18)26-19-4-2-1-3-5-19/h1-14,23H,15H2,(H,24,25). The van der Waals surface area contributed by atoms with E-state index in [1.165, 1.54) is 0 Å². The van der Waals surface area contributed by atoms with Gasteiger partial charge < -0.3 is 15.0 Å². The number of hydrogen-bond donors (Lipinski definition) is 2.